The van der Waals surface area contributed by atoms with E-state index in [1.165, 1.54) is 0 Å². The predicted octanol–water partition coefficient (Wildman–Crippen LogP) is 1.19. The normalized spacial score (nSPS) is 12.2. The molecule has 1 unspecified atom stereocenters. The average Bonchev–Trinajstić information content (AvgIpc) is 2.65. The molecule has 0 aliphatic carbocycles. The third-order valence-corrected chi connectivity index (χ3v) is 2.19. The minimum atomic E-state index is -0.400. The number of aliphatic hydroxyl groups is 1. The van der Waals surface area contributed by atoms with Crippen molar-refractivity contribution in [1.82, 2.24) is 15.1 Å². The highest BCUT2D eigenvalue weighted by atomic mass is 16.3. The lowest BCUT2D eigenvalue weighted by atomic mass is 10.3. The van der Waals surface area contributed by atoms with Crippen LogP contribution in [0.1, 0.15) is 26.7 Å². The molecule has 6 heteroatoms. The monoisotopic (exact) mass is 240 g/mol. The number of aromatic nitrogens is 2. The summed E-state index contributed by atoms with van der Waals surface area (Å²) in [6.07, 6.45) is 4.55. The third kappa shape index (κ3) is 5.35. The van der Waals surface area contributed by atoms with E-state index in [0.29, 0.717) is 18.7 Å². The van der Waals surface area contributed by atoms with Crippen LogP contribution in [0.3, 0.4) is 0 Å². The van der Waals surface area contributed by atoms with Crippen LogP contribution in [0.15, 0.2) is 12.4 Å². The van der Waals surface area contributed by atoms with Crippen LogP contribution in [0.4, 0.5) is 10.5 Å². The zero-order valence-electron chi connectivity index (χ0n) is 10.3. The molecule has 1 atom stereocenters. The van der Waals surface area contributed by atoms with E-state index >= 15 is 0 Å². The van der Waals surface area contributed by atoms with Crippen molar-refractivity contribution in [2.24, 2.45) is 0 Å². The van der Waals surface area contributed by atoms with E-state index in [2.05, 4.69) is 22.7 Å². The number of anilines is 1. The topological polar surface area (TPSA) is 79.2 Å². The van der Waals surface area contributed by atoms with Crippen molar-refractivity contribution in [3.05, 3.63) is 12.4 Å². The van der Waals surface area contributed by atoms with Crippen LogP contribution in [-0.2, 0) is 6.54 Å². The summed E-state index contributed by atoms with van der Waals surface area (Å²) in [5.74, 6) is 0. The number of aryl methyl sites for hydroxylation is 1. The van der Waals surface area contributed by atoms with Gasteiger partial charge in [0, 0.05) is 19.3 Å². The van der Waals surface area contributed by atoms with E-state index in [4.69, 9.17) is 5.11 Å². The number of amides is 2. The summed E-state index contributed by atoms with van der Waals surface area (Å²) in [6, 6.07) is -0.276. The molecule has 17 heavy (non-hydrogen) atoms. The molecule has 0 aromatic carbocycles. The average molecular weight is 240 g/mol. The fraction of sp³-hybridized carbons (Fsp3) is 0.636. The Morgan fingerprint density at radius 2 is 2.41 bits per heavy atom. The number of urea groups is 1. The van der Waals surface area contributed by atoms with Crippen LogP contribution in [0.5, 0.6) is 0 Å². The summed E-state index contributed by atoms with van der Waals surface area (Å²) in [6.45, 7) is 5.05. The van der Waals surface area contributed by atoms with Crippen molar-refractivity contribution in [2.75, 3.05) is 11.9 Å². The van der Waals surface area contributed by atoms with Crippen LogP contribution >= 0.6 is 0 Å². The molecule has 1 aromatic rings. The Hall–Kier alpha value is -1.56. The number of nitrogens with zero attached hydrogens (tertiary/aromatic N) is 2. The second kappa shape index (κ2) is 6.90. The first-order chi connectivity index (χ1) is 8.11. The minimum absolute atomic E-state index is 0.276. The maximum atomic E-state index is 11.4. The first kappa shape index (κ1) is 13.5. The highest BCUT2D eigenvalue weighted by Gasteiger charge is 2.04. The molecule has 0 saturated heterocycles. The molecular formula is C11H20N4O2. The molecule has 0 radical (unpaired) electrons. The largest absolute Gasteiger partial charge is 0.393 e. The van der Waals surface area contributed by atoms with E-state index < -0.39 is 6.10 Å². The number of carbonyl (C=O) groups excluding carboxylic acids is 1. The van der Waals surface area contributed by atoms with E-state index in [1.807, 2.05) is 0 Å². The molecule has 1 rings (SSSR count). The van der Waals surface area contributed by atoms with Crippen LogP contribution in [0.2, 0.25) is 0 Å². The maximum absolute atomic E-state index is 11.4. The molecule has 0 spiro atoms. The van der Waals surface area contributed by atoms with Gasteiger partial charge in [-0.05, 0) is 19.8 Å². The van der Waals surface area contributed by atoms with Crippen LogP contribution in [0.25, 0.3) is 0 Å². The van der Waals surface area contributed by atoms with Crippen LogP contribution in [0, 0.1) is 0 Å². The molecule has 3 N–H and O–H groups in total. The molecular weight excluding hydrogens is 220 g/mol. The standard InChI is InChI=1S/C11H20N4O2/c1-3-6-15-8-10(7-13-15)14-11(17)12-5-4-9(2)16/h7-9,16H,3-6H2,1-2H3,(H2,12,14,17). The van der Waals surface area contributed by atoms with Crippen molar-refractivity contribution >= 4 is 11.7 Å². The summed E-state index contributed by atoms with van der Waals surface area (Å²) in [5.41, 5.74) is 0.674. The van der Waals surface area contributed by atoms with Gasteiger partial charge in [0.2, 0.25) is 0 Å². The lowest BCUT2D eigenvalue weighted by molar-refractivity contribution is 0.184. The Bertz CT molecular complexity index is 349. The Labute approximate surface area is 101 Å². The zero-order valence-corrected chi connectivity index (χ0v) is 10.3. The number of rotatable bonds is 6. The Kier molecular flexibility index (Phi) is 5.48. The molecule has 0 aliphatic rings. The van der Waals surface area contributed by atoms with Gasteiger partial charge in [0.05, 0.1) is 18.0 Å². The summed E-state index contributed by atoms with van der Waals surface area (Å²) >= 11 is 0. The van der Waals surface area contributed by atoms with Gasteiger partial charge in [0.15, 0.2) is 0 Å². The van der Waals surface area contributed by atoms with E-state index in [0.717, 1.165) is 13.0 Å². The first-order valence-electron chi connectivity index (χ1n) is 5.87. The smallest absolute Gasteiger partial charge is 0.319 e. The van der Waals surface area contributed by atoms with E-state index in [-0.39, 0.29) is 6.03 Å². The van der Waals surface area contributed by atoms with Gasteiger partial charge < -0.3 is 15.7 Å². The fourth-order valence-corrected chi connectivity index (χ4v) is 1.35. The first-order valence-corrected chi connectivity index (χ1v) is 5.87. The summed E-state index contributed by atoms with van der Waals surface area (Å²) < 4.78 is 1.78. The van der Waals surface area contributed by atoms with Gasteiger partial charge in [-0.3, -0.25) is 4.68 Å². The summed E-state index contributed by atoms with van der Waals surface area (Å²) in [7, 11) is 0. The zero-order chi connectivity index (χ0) is 12.7. The van der Waals surface area contributed by atoms with Gasteiger partial charge >= 0.3 is 6.03 Å². The molecule has 1 heterocycles. The number of carbonyl (C=O) groups is 1. The van der Waals surface area contributed by atoms with Gasteiger partial charge in [0.1, 0.15) is 0 Å². The molecule has 2 amide bonds. The van der Waals surface area contributed by atoms with Gasteiger partial charge in [-0.15, -0.1) is 0 Å². The van der Waals surface area contributed by atoms with Crippen molar-refractivity contribution < 1.29 is 9.90 Å². The Balaban J connectivity index is 2.29. The number of nitrogens with one attached hydrogen (secondary N) is 2. The van der Waals surface area contributed by atoms with Crippen LogP contribution < -0.4 is 10.6 Å². The molecule has 0 bridgehead atoms. The lowest BCUT2D eigenvalue weighted by Crippen LogP contribution is -2.30. The summed E-state index contributed by atoms with van der Waals surface area (Å²) in [5, 5.41) is 18.5. The maximum Gasteiger partial charge on any atom is 0.319 e. The Morgan fingerprint density at radius 1 is 1.65 bits per heavy atom. The second-order valence-corrected chi connectivity index (χ2v) is 4.01. The second-order valence-electron chi connectivity index (χ2n) is 4.01. The van der Waals surface area contributed by atoms with Crippen molar-refractivity contribution in [2.45, 2.75) is 39.3 Å². The third-order valence-electron chi connectivity index (χ3n) is 2.19. The number of hydrogen-bond acceptors (Lipinski definition) is 3. The molecule has 1 aromatic heterocycles. The molecule has 6 nitrogen and oxygen atoms in total. The van der Waals surface area contributed by atoms with Gasteiger partial charge in [0.25, 0.3) is 0 Å². The van der Waals surface area contributed by atoms with Crippen molar-refractivity contribution in [3.63, 3.8) is 0 Å². The van der Waals surface area contributed by atoms with Crippen molar-refractivity contribution in [3.8, 4) is 0 Å². The van der Waals surface area contributed by atoms with Crippen LogP contribution in [-0.4, -0.2) is 33.6 Å². The quantitative estimate of drug-likeness (QED) is 0.698. The van der Waals surface area contributed by atoms with Gasteiger partial charge in [-0.2, -0.15) is 5.10 Å². The number of aliphatic hydroxyl groups excluding tert-OH is 1. The summed E-state index contributed by atoms with van der Waals surface area (Å²) in [4.78, 5) is 11.4. The molecule has 96 valence electrons. The fourth-order valence-electron chi connectivity index (χ4n) is 1.35. The highest BCUT2D eigenvalue weighted by molar-refractivity contribution is 5.88. The van der Waals surface area contributed by atoms with Crippen molar-refractivity contribution in [1.29, 1.82) is 0 Å². The minimum Gasteiger partial charge on any atom is -0.393 e. The van der Waals surface area contributed by atoms with E-state index in [1.54, 1.807) is 24.0 Å². The SMILES string of the molecule is CCCn1cc(NC(=O)NCCC(C)O)cn1. The highest BCUT2D eigenvalue weighted by Crippen LogP contribution is 2.04. The Morgan fingerprint density at radius 3 is 3.06 bits per heavy atom. The molecule has 0 aliphatic heterocycles. The number of hydrogen-bond donors (Lipinski definition) is 3. The van der Waals surface area contributed by atoms with Gasteiger partial charge in [-0.1, -0.05) is 6.92 Å². The molecule has 0 saturated carbocycles. The predicted molar refractivity (Wildman–Crippen MR) is 65.8 cm³/mol. The van der Waals surface area contributed by atoms with Gasteiger partial charge in [-0.25, -0.2) is 4.79 Å². The lowest BCUT2D eigenvalue weighted by Gasteiger charge is -2.06. The van der Waals surface area contributed by atoms with E-state index in [9.17, 15) is 4.79 Å². The molecule has 0 fully saturated rings.